The van der Waals surface area contributed by atoms with Gasteiger partial charge in [-0.1, -0.05) is 12.1 Å². The maximum absolute atomic E-state index is 12.3. The maximum atomic E-state index is 12.3. The van der Waals surface area contributed by atoms with Crippen molar-refractivity contribution in [2.24, 2.45) is 0 Å². The second-order valence-corrected chi connectivity index (χ2v) is 6.77. The van der Waals surface area contributed by atoms with E-state index in [0.717, 1.165) is 6.42 Å². The standard InChI is InChI=1S/C19H21F2NO5S/c1-25-16-10-13(7-8-15(16)27-19(20)21)11-22-17(23)12-26-18(24)6-2-4-14-5-3-9-28-14/h3,5,7-10,19H,2,4,6,11-12H2,1H3,(H,22,23). The van der Waals surface area contributed by atoms with Crippen LogP contribution in [0, 0.1) is 0 Å². The minimum Gasteiger partial charge on any atom is -0.493 e. The number of alkyl halides is 2. The van der Waals surface area contributed by atoms with E-state index in [2.05, 4.69) is 10.1 Å². The van der Waals surface area contributed by atoms with Gasteiger partial charge < -0.3 is 19.5 Å². The predicted molar refractivity (Wildman–Crippen MR) is 99.7 cm³/mol. The van der Waals surface area contributed by atoms with Crippen LogP contribution in [-0.4, -0.2) is 32.2 Å². The lowest BCUT2D eigenvalue weighted by Gasteiger charge is -2.12. The largest absolute Gasteiger partial charge is 0.493 e. The Morgan fingerprint density at radius 1 is 1.21 bits per heavy atom. The smallest absolute Gasteiger partial charge is 0.387 e. The molecule has 1 aromatic carbocycles. The van der Waals surface area contributed by atoms with Gasteiger partial charge >= 0.3 is 12.6 Å². The maximum Gasteiger partial charge on any atom is 0.387 e. The van der Waals surface area contributed by atoms with Crippen molar-refractivity contribution >= 4 is 23.2 Å². The van der Waals surface area contributed by atoms with Crippen molar-refractivity contribution in [1.82, 2.24) is 5.32 Å². The van der Waals surface area contributed by atoms with Gasteiger partial charge in [-0.3, -0.25) is 9.59 Å². The highest BCUT2D eigenvalue weighted by atomic mass is 32.1. The molecule has 0 aliphatic rings. The normalized spacial score (nSPS) is 10.6. The number of methoxy groups -OCH3 is 1. The molecule has 2 rings (SSSR count). The number of carbonyl (C=O) groups is 2. The fraction of sp³-hybridized carbons (Fsp3) is 0.368. The van der Waals surface area contributed by atoms with Gasteiger partial charge in [0.25, 0.3) is 5.91 Å². The minimum absolute atomic E-state index is 0.0935. The quantitative estimate of drug-likeness (QED) is 0.571. The van der Waals surface area contributed by atoms with Crippen molar-refractivity contribution in [3.63, 3.8) is 0 Å². The number of hydrogen-bond acceptors (Lipinski definition) is 6. The second kappa shape index (κ2) is 11.2. The molecule has 152 valence electrons. The van der Waals surface area contributed by atoms with Gasteiger partial charge in [-0.05, 0) is 42.0 Å². The summed E-state index contributed by atoms with van der Waals surface area (Å²) < 4.78 is 38.9. The van der Waals surface area contributed by atoms with Crippen LogP contribution in [0.5, 0.6) is 11.5 Å². The summed E-state index contributed by atoms with van der Waals surface area (Å²) in [6.45, 7) is -3.21. The fourth-order valence-electron chi connectivity index (χ4n) is 2.35. The van der Waals surface area contributed by atoms with Gasteiger partial charge in [-0.2, -0.15) is 8.78 Å². The highest BCUT2D eigenvalue weighted by Gasteiger charge is 2.12. The summed E-state index contributed by atoms with van der Waals surface area (Å²) in [5.74, 6) is -0.853. The molecule has 1 heterocycles. The van der Waals surface area contributed by atoms with Crippen LogP contribution in [0.25, 0.3) is 0 Å². The first-order valence-corrected chi connectivity index (χ1v) is 9.42. The molecule has 0 fully saturated rings. The van der Waals surface area contributed by atoms with Crippen LogP contribution >= 0.6 is 11.3 Å². The topological polar surface area (TPSA) is 73.9 Å². The molecule has 1 amide bonds. The van der Waals surface area contributed by atoms with Gasteiger partial charge in [-0.25, -0.2) is 0 Å². The van der Waals surface area contributed by atoms with Crippen molar-refractivity contribution in [3.8, 4) is 11.5 Å². The summed E-state index contributed by atoms with van der Waals surface area (Å²) in [4.78, 5) is 24.7. The number of nitrogens with one attached hydrogen (secondary N) is 1. The Balaban J connectivity index is 1.69. The van der Waals surface area contributed by atoms with E-state index in [4.69, 9.17) is 9.47 Å². The number of rotatable bonds is 11. The first-order valence-electron chi connectivity index (χ1n) is 8.54. The molecule has 0 unspecified atom stereocenters. The van der Waals surface area contributed by atoms with Crippen LogP contribution in [0.4, 0.5) is 8.78 Å². The molecule has 28 heavy (non-hydrogen) atoms. The highest BCUT2D eigenvalue weighted by molar-refractivity contribution is 7.09. The molecular formula is C19H21F2NO5S. The van der Waals surface area contributed by atoms with Crippen molar-refractivity contribution in [2.45, 2.75) is 32.4 Å². The molecule has 9 heteroatoms. The Hall–Kier alpha value is -2.68. The van der Waals surface area contributed by atoms with E-state index in [1.54, 1.807) is 11.3 Å². The second-order valence-electron chi connectivity index (χ2n) is 5.73. The SMILES string of the molecule is COc1cc(CNC(=O)COC(=O)CCCc2cccs2)ccc1OC(F)F. The third-order valence-electron chi connectivity index (χ3n) is 3.68. The lowest BCUT2D eigenvalue weighted by molar-refractivity contribution is -0.148. The molecule has 0 aliphatic heterocycles. The molecule has 0 aliphatic carbocycles. The van der Waals surface area contributed by atoms with Gasteiger partial charge in [-0.15, -0.1) is 11.3 Å². The number of aryl methyl sites for hydroxylation is 1. The monoisotopic (exact) mass is 413 g/mol. The number of halogens is 2. The Morgan fingerprint density at radius 3 is 2.71 bits per heavy atom. The zero-order valence-corrected chi connectivity index (χ0v) is 16.1. The molecule has 0 atom stereocenters. The third-order valence-corrected chi connectivity index (χ3v) is 4.62. The van der Waals surface area contributed by atoms with E-state index in [9.17, 15) is 18.4 Å². The zero-order chi connectivity index (χ0) is 20.4. The van der Waals surface area contributed by atoms with Crippen LogP contribution in [-0.2, 0) is 27.3 Å². The van der Waals surface area contributed by atoms with Crippen LogP contribution in [0.2, 0.25) is 0 Å². The van der Waals surface area contributed by atoms with Gasteiger partial charge in [0.05, 0.1) is 7.11 Å². The molecule has 1 N–H and O–H groups in total. The van der Waals surface area contributed by atoms with E-state index < -0.39 is 18.5 Å². The predicted octanol–water partition coefficient (Wildman–Crippen LogP) is 3.54. The summed E-state index contributed by atoms with van der Waals surface area (Å²) in [7, 11) is 1.33. The lowest BCUT2D eigenvalue weighted by Crippen LogP contribution is -2.28. The Labute approximate surface area is 165 Å². The number of amides is 1. The first kappa shape index (κ1) is 21.6. The van der Waals surface area contributed by atoms with Crippen LogP contribution in [0.1, 0.15) is 23.3 Å². The average molecular weight is 413 g/mol. The van der Waals surface area contributed by atoms with Gasteiger partial charge in [0.1, 0.15) is 0 Å². The zero-order valence-electron chi connectivity index (χ0n) is 15.3. The number of thiophene rings is 1. The number of benzene rings is 1. The molecular weight excluding hydrogens is 392 g/mol. The van der Waals surface area contributed by atoms with Gasteiger partial charge in [0.2, 0.25) is 0 Å². The summed E-state index contributed by atoms with van der Waals surface area (Å²) in [6, 6.07) is 8.30. The van der Waals surface area contributed by atoms with E-state index >= 15 is 0 Å². The summed E-state index contributed by atoms with van der Waals surface area (Å²) in [5, 5.41) is 4.56. The summed E-state index contributed by atoms with van der Waals surface area (Å²) >= 11 is 1.63. The summed E-state index contributed by atoms with van der Waals surface area (Å²) in [6.07, 6.45) is 1.70. The molecule has 0 bridgehead atoms. The molecule has 6 nitrogen and oxygen atoms in total. The van der Waals surface area contributed by atoms with Crippen molar-refractivity contribution < 1.29 is 32.6 Å². The van der Waals surface area contributed by atoms with E-state index in [1.165, 1.54) is 30.2 Å². The Kier molecular flexibility index (Phi) is 8.67. The summed E-state index contributed by atoms with van der Waals surface area (Å²) in [5.41, 5.74) is 0.620. The lowest BCUT2D eigenvalue weighted by atomic mass is 10.2. The third kappa shape index (κ3) is 7.51. The fourth-order valence-corrected chi connectivity index (χ4v) is 3.10. The molecule has 0 spiro atoms. The van der Waals surface area contributed by atoms with Crippen molar-refractivity contribution in [3.05, 3.63) is 46.2 Å². The molecule has 2 aromatic rings. The van der Waals surface area contributed by atoms with Crippen LogP contribution in [0.15, 0.2) is 35.7 Å². The molecule has 1 aromatic heterocycles. The van der Waals surface area contributed by atoms with Crippen LogP contribution < -0.4 is 14.8 Å². The number of carbonyl (C=O) groups excluding carboxylic acids is 2. The van der Waals surface area contributed by atoms with E-state index in [0.29, 0.717) is 12.0 Å². The number of hydrogen-bond donors (Lipinski definition) is 1. The van der Waals surface area contributed by atoms with Gasteiger partial charge in [0.15, 0.2) is 18.1 Å². The van der Waals surface area contributed by atoms with Crippen molar-refractivity contribution in [2.75, 3.05) is 13.7 Å². The Bertz CT molecular complexity index is 768. The molecule has 0 radical (unpaired) electrons. The molecule has 0 saturated carbocycles. The highest BCUT2D eigenvalue weighted by Crippen LogP contribution is 2.29. The average Bonchev–Trinajstić information content (AvgIpc) is 3.18. The first-order chi connectivity index (χ1) is 13.5. The Morgan fingerprint density at radius 2 is 2.04 bits per heavy atom. The number of esters is 1. The van der Waals surface area contributed by atoms with Crippen molar-refractivity contribution in [1.29, 1.82) is 0 Å². The van der Waals surface area contributed by atoms with E-state index in [1.807, 2.05) is 17.5 Å². The van der Waals surface area contributed by atoms with Crippen LogP contribution in [0.3, 0.4) is 0 Å². The van der Waals surface area contributed by atoms with Gasteiger partial charge in [0, 0.05) is 17.8 Å². The molecule has 0 saturated heterocycles. The van der Waals surface area contributed by atoms with E-state index in [-0.39, 0.29) is 31.1 Å². The minimum atomic E-state index is -2.96. The number of ether oxygens (including phenoxy) is 3.